The van der Waals surface area contributed by atoms with Gasteiger partial charge in [0.2, 0.25) is 6.29 Å². The van der Waals surface area contributed by atoms with Crippen LogP contribution in [0, 0.1) is 12.0 Å². The van der Waals surface area contributed by atoms with Gasteiger partial charge in [-0.1, -0.05) is 5.92 Å². The topological polar surface area (TPSA) is 29.5 Å². The van der Waals surface area contributed by atoms with Gasteiger partial charge in [-0.25, -0.2) is 0 Å². The Balaban J connectivity index is 3.08. The van der Waals surface area contributed by atoms with Crippen molar-refractivity contribution in [2.75, 3.05) is 0 Å². The molecule has 2 heteroatoms. The molecule has 0 spiro atoms. The molecule has 0 heterocycles. The summed E-state index contributed by atoms with van der Waals surface area (Å²) in [5.41, 5.74) is 0. The summed E-state index contributed by atoms with van der Waals surface area (Å²) in [6, 6.07) is 0. The Labute approximate surface area is 43.1 Å². The molecule has 0 aromatic carbocycles. The van der Waals surface area contributed by atoms with Crippen LogP contribution in [0.5, 0.6) is 0 Å². The van der Waals surface area contributed by atoms with E-state index in [0.717, 1.165) is 0 Å². The molecule has 0 aliphatic carbocycles. The Morgan fingerprint density at radius 3 is 2.43 bits per heavy atom. The van der Waals surface area contributed by atoms with Crippen molar-refractivity contribution in [2.45, 2.75) is 20.1 Å². The van der Waals surface area contributed by atoms with Gasteiger partial charge in [0.15, 0.2) is 0 Å². The maximum absolute atomic E-state index is 8.36. The Morgan fingerprint density at radius 2 is 2.29 bits per heavy atom. The maximum Gasteiger partial charge on any atom is 0.204 e. The predicted molar refractivity (Wildman–Crippen MR) is 26.2 cm³/mol. The predicted octanol–water partition coefficient (Wildman–Crippen LogP) is 0.322. The van der Waals surface area contributed by atoms with E-state index in [0.29, 0.717) is 0 Å². The lowest BCUT2D eigenvalue weighted by Crippen LogP contribution is -1.99. The van der Waals surface area contributed by atoms with E-state index >= 15 is 0 Å². The third kappa shape index (κ3) is 5.32. The lowest BCUT2D eigenvalue weighted by molar-refractivity contribution is -0.0231. The van der Waals surface area contributed by atoms with Gasteiger partial charge in [-0.15, -0.1) is 0 Å². The van der Waals surface area contributed by atoms with Gasteiger partial charge in [0, 0.05) is 6.92 Å². The van der Waals surface area contributed by atoms with Crippen molar-refractivity contribution in [3.8, 4) is 12.0 Å². The van der Waals surface area contributed by atoms with E-state index in [-0.39, 0.29) is 0 Å². The molecule has 0 aliphatic heterocycles. The molecule has 7 heavy (non-hydrogen) atoms. The summed E-state index contributed by atoms with van der Waals surface area (Å²) >= 11 is 0. The molecule has 0 saturated heterocycles. The molecule has 1 N–H and O–H groups in total. The summed E-state index contributed by atoms with van der Waals surface area (Å²) in [5, 5.41) is 8.36. The molecule has 0 bridgehead atoms. The SMILES string of the molecule is CC#COC(C)O. The number of rotatable bonds is 1. The fraction of sp³-hybridized carbons (Fsp3) is 0.600. The minimum absolute atomic E-state index is 0.771. The van der Waals surface area contributed by atoms with Crippen LogP contribution in [-0.4, -0.2) is 11.4 Å². The van der Waals surface area contributed by atoms with Crippen molar-refractivity contribution in [3.05, 3.63) is 0 Å². The van der Waals surface area contributed by atoms with Gasteiger partial charge in [0.1, 0.15) is 6.11 Å². The molecule has 0 amide bonds. The zero-order chi connectivity index (χ0) is 5.70. The van der Waals surface area contributed by atoms with Crippen molar-refractivity contribution >= 4 is 0 Å². The normalized spacial score (nSPS) is 11.3. The highest BCUT2D eigenvalue weighted by Gasteiger charge is 1.84. The van der Waals surface area contributed by atoms with Crippen LogP contribution in [0.2, 0.25) is 0 Å². The van der Waals surface area contributed by atoms with Crippen molar-refractivity contribution in [1.29, 1.82) is 0 Å². The summed E-state index contributed by atoms with van der Waals surface area (Å²) in [6.45, 7) is 3.15. The first-order chi connectivity index (χ1) is 3.27. The minimum atomic E-state index is -0.771. The lowest BCUT2D eigenvalue weighted by Gasteiger charge is -1.95. The Kier molecular flexibility index (Phi) is 3.17. The molecule has 0 fully saturated rings. The van der Waals surface area contributed by atoms with E-state index in [4.69, 9.17) is 5.11 Å². The zero-order valence-corrected chi connectivity index (χ0v) is 4.43. The fourth-order valence-corrected chi connectivity index (χ4v) is 0.144. The monoisotopic (exact) mass is 100 g/mol. The van der Waals surface area contributed by atoms with Crippen molar-refractivity contribution in [1.82, 2.24) is 0 Å². The summed E-state index contributed by atoms with van der Waals surface area (Å²) in [4.78, 5) is 0. The van der Waals surface area contributed by atoms with Gasteiger partial charge in [-0.2, -0.15) is 0 Å². The molecule has 0 aromatic rings. The number of hydrogen-bond donors (Lipinski definition) is 1. The summed E-state index contributed by atoms with van der Waals surface area (Å²) < 4.78 is 4.39. The summed E-state index contributed by atoms with van der Waals surface area (Å²) in [5.74, 6) is 2.47. The van der Waals surface area contributed by atoms with E-state index in [1.54, 1.807) is 6.92 Å². The van der Waals surface area contributed by atoms with E-state index < -0.39 is 6.29 Å². The number of ether oxygens (including phenoxy) is 1. The van der Waals surface area contributed by atoms with Crippen LogP contribution in [-0.2, 0) is 4.74 Å². The van der Waals surface area contributed by atoms with Gasteiger partial charge in [-0.3, -0.25) is 0 Å². The average molecular weight is 100 g/mol. The molecule has 0 saturated carbocycles. The van der Waals surface area contributed by atoms with Crippen molar-refractivity contribution < 1.29 is 9.84 Å². The third-order valence-electron chi connectivity index (χ3n) is 0.332. The van der Waals surface area contributed by atoms with Crippen LogP contribution in [0.15, 0.2) is 0 Å². The standard InChI is InChI=1S/C5H8O2/c1-3-4-7-5(2)6/h5-6H,1-2H3. The average Bonchev–Trinajstić information content (AvgIpc) is 1.61. The van der Waals surface area contributed by atoms with Gasteiger partial charge in [-0.05, 0) is 6.92 Å². The number of hydrogen-bond acceptors (Lipinski definition) is 2. The van der Waals surface area contributed by atoms with Crippen molar-refractivity contribution in [2.24, 2.45) is 0 Å². The van der Waals surface area contributed by atoms with E-state index in [2.05, 4.69) is 16.8 Å². The molecule has 1 atom stereocenters. The molecule has 0 aliphatic rings. The van der Waals surface area contributed by atoms with Gasteiger partial charge in [0.05, 0.1) is 0 Å². The highest BCUT2D eigenvalue weighted by Crippen LogP contribution is 1.77. The Morgan fingerprint density at radius 1 is 1.71 bits per heavy atom. The first-order valence-electron chi connectivity index (χ1n) is 2.03. The molecule has 40 valence electrons. The molecule has 1 unspecified atom stereocenters. The molecule has 0 radical (unpaired) electrons. The Bertz CT molecular complexity index is 86.0. The third-order valence-corrected chi connectivity index (χ3v) is 0.332. The van der Waals surface area contributed by atoms with Gasteiger partial charge >= 0.3 is 0 Å². The number of aliphatic hydroxyl groups is 1. The largest absolute Gasteiger partial charge is 0.415 e. The second-order valence-corrected chi connectivity index (χ2v) is 1.07. The second kappa shape index (κ2) is 3.51. The van der Waals surface area contributed by atoms with Crippen LogP contribution in [0.4, 0.5) is 0 Å². The van der Waals surface area contributed by atoms with Crippen LogP contribution >= 0.6 is 0 Å². The molecular weight excluding hydrogens is 92.1 g/mol. The summed E-state index contributed by atoms with van der Waals surface area (Å²) in [6.07, 6.45) is 1.48. The quantitative estimate of drug-likeness (QED) is 0.380. The number of aliphatic hydroxyl groups excluding tert-OH is 1. The zero-order valence-electron chi connectivity index (χ0n) is 4.43. The van der Waals surface area contributed by atoms with Gasteiger partial charge < -0.3 is 9.84 Å². The highest BCUT2D eigenvalue weighted by atomic mass is 16.6. The first-order valence-corrected chi connectivity index (χ1v) is 2.03. The fourth-order valence-electron chi connectivity index (χ4n) is 0.144. The smallest absolute Gasteiger partial charge is 0.204 e. The molecular formula is C5H8O2. The maximum atomic E-state index is 8.36. The first kappa shape index (κ1) is 6.32. The van der Waals surface area contributed by atoms with E-state index in [1.165, 1.54) is 6.92 Å². The van der Waals surface area contributed by atoms with Crippen molar-refractivity contribution in [3.63, 3.8) is 0 Å². The van der Waals surface area contributed by atoms with Crippen LogP contribution < -0.4 is 0 Å². The second-order valence-electron chi connectivity index (χ2n) is 1.07. The van der Waals surface area contributed by atoms with Gasteiger partial charge in [0.25, 0.3) is 0 Å². The van der Waals surface area contributed by atoms with Crippen LogP contribution in [0.3, 0.4) is 0 Å². The van der Waals surface area contributed by atoms with Crippen LogP contribution in [0.1, 0.15) is 13.8 Å². The van der Waals surface area contributed by atoms with E-state index in [1.807, 2.05) is 0 Å². The summed E-state index contributed by atoms with van der Waals surface area (Å²) in [7, 11) is 0. The van der Waals surface area contributed by atoms with Crippen LogP contribution in [0.25, 0.3) is 0 Å². The Hall–Kier alpha value is -0.680. The molecule has 2 nitrogen and oxygen atoms in total. The molecule has 0 rings (SSSR count). The minimum Gasteiger partial charge on any atom is -0.415 e. The molecule has 0 aromatic heterocycles. The lowest BCUT2D eigenvalue weighted by atomic mass is 10.7. The van der Waals surface area contributed by atoms with E-state index in [9.17, 15) is 0 Å². The highest BCUT2D eigenvalue weighted by molar-refractivity contribution is 4.85.